The Balaban J connectivity index is 1.45. The molecule has 2 heterocycles. The van der Waals surface area contributed by atoms with E-state index in [1.807, 2.05) is 41.5 Å². The van der Waals surface area contributed by atoms with Crippen molar-refractivity contribution in [3.8, 4) is 11.5 Å². The summed E-state index contributed by atoms with van der Waals surface area (Å²) in [6.07, 6.45) is 0.833. The number of rotatable bonds is 9. The maximum absolute atomic E-state index is 14.0. The first kappa shape index (κ1) is 29.5. The lowest BCUT2D eigenvalue weighted by molar-refractivity contribution is 0.0695. The average molecular weight is 581 g/mol. The van der Waals surface area contributed by atoms with Crippen molar-refractivity contribution >= 4 is 17.5 Å². The minimum absolute atomic E-state index is 0.0114. The van der Waals surface area contributed by atoms with Gasteiger partial charge in [-0.05, 0) is 59.7 Å². The van der Waals surface area contributed by atoms with Crippen LogP contribution in [0.5, 0.6) is 11.5 Å². The molecule has 2 aromatic heterocycles. The summed E-state index contributed by atoms with van der Waals surface area (Å²) < 4.78 is 12.1. The van der Waals surface area contributed by atoms with Crippen LogP contribution in [0, 0.1) is 41.5 Å². The van der Waals surface area contributed by atoms with Crippen LogP contribution in [0.2, 0.25) is 0 Å². The fourth-order valence-corrected chi connectivity index (χ4v) is 5.12. The Morgan fingerprint density at radius 2 is 1.16 bits per heavy atom. The van der Waals surface area contributed by atoms with E-state index in [0.29, 0.717) is 12.8 Å². The van der Waals surface area contributed by atoms with Gasteiger partial charge in [-0.25, -0.2) is 4.79 Å². The number of carbonyl (C=O) groups excluding carboxylic acids is 2. The molecule has 0 saturated carbocycles. The highest BCUT2D eigenvalue weighted by Crippen LogP contribution is 2.38. The van der Waals surface area contributed by atoms with Crippen molar-refractivity contribution in [2.24, 2.45) is 0 Å². The summed E-state index contributed by atoms with van der Waals surface area (Å²) in [5.41, 5.74) is 6.53. The van der Waals surface area contributed by atoms with Crippen LogP contribution in [-0.2, 0) is 12.8 Å². The van der Waals surface area contributed by atoms with Crippen LogP contribution in [0.15, 0.2) is 30.3 Å². The third-order valence-electron chi connectivity index (χ3n) is 7.67. The minimum Gasteiger partial charge on any atom is -0.492 e. The van der Waals surface area contributed by atoms with Gasteiger partial charge in [-0.15, -0.1) is 0 Å². The Kier molecular flexibility index (Phi) is 8.04. The summed E-state index contributed by atoms with van der Waals surface area (Å²) in [5, 5.41) is 9.74. The number of hydrogen-bond donors (Lipinski definition) is 1. The number of benzene rings is 2. The Labute approximate surface area is 249 Å². The molecule has 0 bridgehead atoms. The normalized spacial score (nSPS) is 12.1. The van der Waals surface area contributed by atoms with Gasteiger partial charge in [0.1, 0.15) is 11.5 Å². The number of hydrogen-bond acceptors (Lipinski definition) is 9. The van der Waals surface area contributed by atoms with Crippen molar-refractivity contribution in [2.75, 3.05) is 13.2 Å². The Morgan fingerprint density at radius 3 is 1.72 bits per heavy atom. The van der Waals surface area contributed by atoms with Gasteiger partial charge >= 0.3 is 5.97 Å². The molecule has 10 nitrogen and oxygen atoms in total. The van der Waals surface area contributed by atoms with Crippen molar-refractivity contribution in [1.29, 1.82) is 0 Å². The molecule has 1 aliphatic carbocycles. The third-order valence-corrected chi connectivity index (χ3v) is 7.67. The average Bonchev–Trinajstić information content (AvgIpc) is 2.96. The molecular formula is C33H32N4O6. The van der Waals surface area contributed by atoms with E-state index >= 15 is 0 Å². The Hall–Kier alpha value is -4.99. The number of carboxylic acids is 1. The molecule has 0 amide bonds. The highest BCUT2D eigenvalue weighted by Gasteiger charge is 2.36. The highest BCUT2D eigenvalue weighted by molar-refractivity contribution is 6.30. The second kappa shape index (κ2) is 11.7. The minimum atomic E-state index is -1.24. The van der Waals surface area contributed by atoms with Gasteiger partial charge in [0.15, 0.2) is 5.78 Å². The number of aromatic carboxylic acids is 1. The molecule has 5 rings (SSSR count). The van der Waals surface area contributed by atoms with E-state index < -0.39 is 17.5 Å². The molecule has 4 aromatic rings. The van der Waals surface area contributed by atoms with Gasteiger partial charge in [-0.2, -0.15) is 0 Å². The van der Waals surface area contributed by atoms with Crippen LogP contribution in [-0.4, -0.2) is 55.8 Å². The maximum Gasteiger partial charge on any atom is 0.335 e. The lowest BCUT2D eigenvalue weighted by Gasteiger charge is -2.23. The fraction of sp³-hybridized carbons (Fsp3) is 0.303. The molecule has 0 saturated heterocycles. The van der Waals surface area contributed by atoms with Crippen LogP contribution in [0.25, 0.3) is 0 Å². The van der Waals surface area contributed by atoms with Gasteiger partial charge in [0.05, 0.1) is 75.5 Å². The van der Waals surface area contributed by atoms with Crippen molar-refractivity contribution < 1.29 is 29.0 Å². The zero-order chi connectivity index (χ0) is 31.0. The van der Waals surface area contributed by atoms with Gasteiger partial charge < -0.3 is 14.6 Å². The number of aryl methyl sites for hydroxylation is 6. The number of fused-ring (bicyclic) bond motifs is 2. The summed E-state index contributed by atoms with van der Waals surface area (Å²) in [7, 11) is 0. The van der Waals surface area contributed by atoms with Gasteiger partial charge in [0, 0.05) is 24.0 Å². The Bertz CT molecular complexity index is 1810. The van der Waals surface area contributed by atoms with Crippen molar-refractivity contribution in [1.82, 2.24) is 19.9 Å². The summed E-state index contributed by atoms with van der Waals surface area (Å²) in [5.74, 6) is -1.92. The summed E-state index contributed by atoms with van der Waals surface area (Å²) in [6.45, 7) is 11.6. The molecule has 1 aliphatic rings. The third kappa shape index (κ3) is 5.73. The van der Waals surface area contributed by atoms with Crippen molar-refractivity contribution in [2.45, 2.75) is 54.4 Å². The number of carboxylic acid groups (broad SMARTS) is 1. The molecule has 0 unspecified atom stereocenters. The van der Waals surface area contributed by atoms with Crippen LogP contribution < -0.4 is 9.47 Å². The molecular weight excluding hydrogens is 548 g/mol. The van der Waals surface area contributed by atoms with E-state index in [9.17, 15) is 19.5 Å². The molecule has 0 aliphatic heterocycles. The van der Waals surface area contributed by atoms with E-state index in [4.69, 9.17) is 9.47 Å². The van der Waals surface area contributed by atoms with Gasteiger partial charge in [-0.1, -0.05) is 12.1 Å². The lowest BCUT2D eigenvalue weighted by atomic mass is 9.82. The molecule has 0 spiro atoms. The fourth-order valence-electron chi connectivity index (χ4n) is 5.12. The topological polar surface area (TPSA) is 141 Å². The van der Waals surface area contributed by atoms with Crippen LogP contribution in [0.3, 0.4) is 0 Å². The SMILES string of the molecule is Cc1nc(C)c(CCOc2cccc3c2C(=O)c2c(OCCc4nc(C)c(C)nc4C)cc(C(=O)O)cc2C3=O)nc1C. The predicted octanol–water partition coefficient (Wildman–Crippen LogP) is 4.83. The molecule has 43 heavy (non-hydrogen) atoms. The second-order valence-electron chi connectivity index (χ2n) is 10.6. The lowest BCUT2D eigenvalue weighted by Crippen LogP contribution is -2.24. The summed E-state index contributed by atoms with van der Waals surface area (Å²) in [6, 6.07) is 7.32. The molecule has 220 valence electrons. The van der Waals surface area contributed by atoms with Gasteiger partial charge in [-0.3, -0.25) is 29.5 Å². The largest absolute Gasteiger partial charge is 0.492 e. The number of ether oxygens (including phenoxy) is 2. The maximum atomic E-state index is 14.0. The zero-order valence-electron chi connectivity index (χ0n) is 25.0. The van der Waals surface area contributed by atoms with Crippen molar-refractivity contribution in [3.05, 3.63) is 104 Å². The van der Waals surface area contributed by atoms with Gasteiger partial charge in [0.25, 0.3) is 0 Å². The standard InChI is InChI=1S/C33H32N4O6/c1-16-18(3)36-25(20(5)34-16)10-12-42-27-9-7-8-23-29(27)32(39)30-24(31(23)38)14-22(33(40)41)15-28(30)43-13-11-26-21(6)35-17(2)19(4)37-26/h7-9,14-15H,10-13H2,1-6H3,(H,40,41). The molecule has 10 heteroatoms. The van der Waals surface area contributed by atoms with E-state index in [0.717, 1.165) is 45.6 Å². The van der Waals surface area contributed by atoms with Crippen LogP contribution in [0.1, 0.15) is 87.8 Å². The first-order valence-electron chi connectivity index (χ1n) is 14.0. The number of nitrogens with zero attached hydrogens (tertiary/aromatic N) is 4. The quantitative estimate of drug-likeness (QED) is 0.258. The van der Waals surface area contributed by atoms with E-state index in [1.165, 1.54) is 12.1 Å². The van der Waals surface area contributed by atoms with E-state index in [-0.39, 0.29) is 52.5 Å². The van der Waals surface area contributed by atoms with E-state index in [1.54, 1.807) is 18.2 Å². The van der Waals surface area contributed by atoms with Gasteiger partial charge in [0.2, 0.25) is 5.78 Å². The smallest absolute Gasteiger partial charge is 0.335 e. The second-order valence-corrected chi connectivity index (χ2v) is 10.6. The first-order valence-corrected chi connectivity index (χ1v) is 14.0. The molecule has 0 radical (unpaired) electrons. The zero-order valence-corrected chi connectivity index (χ0v) is 25.0. The molecule has 0 fully saturated rings. The van der Waals surface area contributed by atoms with E-state index in [2.05, 4.69) is 19.9 Å². The van der Waals surface area contributed by atoms with Crippen LogP contribution >= 0.6 is 0 Å². The predicted molar refractivity (Wildman–Crippen MR) is 158 cm³/mol. The first-order chi connectivity index (χ1) is 20.5. The number of ketones is 2. The number of carbonyl (C=O) groups is 3. The van der Waals surface area contributed by atoms with Crippen LogP contribution in [0.4, 0.5) is 0 Å². The molecule has 0 atom stereocenters. The summed E-state index contributed by atoms with van der Waals surface area (Å²) >= 11 is 0. The number of aromatic nitrogens is 4. The Morgan fingerprint density at radius 1 is 0.651 bits per heavy atom. The highest BCUT2D eigenvalue weighted by atomic mass is 16.5. The monoisotopic (exact) mass is 580 g/mol. The summed E-state index contributed by atoms with van der Waals surface area (Å²) in [4.78, 5) is 57.8. The molecule has 1 N–H and O–H groups in total. The molecule has 2 aromatic carbocycles. The van der Waals surface area contributed by atoms with Crippen molar-refractivity contribution in [3.63, 3.8) is 0 Å².